The maximum atomic E-state index is 13.4. The highest BCUT2D eigenvalue weighted by Crippen LogP contribution is 2.20. The molecule has 0 aliphatic rings. The van der Waals surface area contributed by atoms with Crippen LogP contribution < -0.4 is 5.32 Å². The second-order valence-electron chi connectivity index (χ2n) is 4.24. The third-order valence-corrected chi connectivity index (χ3v) is 2.76. The normalized spacial score (nSPS) is 10.6. The van der Waals surface area contributed by atoms with Gasteiger partial charge in [0.25, 0.3) is 5.69 Å². The van der Waals surface area contributed by atoms with Crippen molar-refractivity contribution in [2.75, 3.05) is 5.32 Å². The van der Waals surface area contributed by atoms with Crippen LogP contribution >= 0.6 is 0 Å². The monoisotopic (exact) mass is 304 g/mol. The molecule has 7 heteroatoms. The lowest BCUT2D eigenvalue weighted by molar-refractivity contribution is -0.385. The summed E-state index contributed by atoms with van der Waals surface area (Å²) < 4.78 is 26.8. The van der Waals surface area contributed by atoms with E-state index in [1.165, 1.54) is 30.3 Å². The lowest BCUT2D eigenvalue weighted by atomic mass is 10.1. The van der Waals surface area contributed by atoms with E-state index in [-0.39, 0.29) is 11.3 Å². The number of hydrogen-bond donors (Lipinski definition) is 1. The molecule has 112 valence electrons. The molecule has 1 amide bonds. The van der Waals surface area contributed by atoms with Crippen LogP contribution in [-0.4, -0.2) is 10.8 Å². The van der Waals surface area contributed by atoms with Crippen LogP contribution in [0, 0.1) is 21.7 Å². The minimum absolute atomic E-state index is 0.177. The van der Waals surface area contributed by atoms with E-state index in [0.29, 0.717) is 0 Å². The Bertz CT molecular complexity index is 740. The lowest BCUT2D eigenvalue weighted by Gasteiger charge is -2.04. The Hall–Kier alpha value is -3.09. The van der Waals surface area contributed by atoms with E-state index in [1.54, 1.807) is 6.07 Å². The molecule has 2 rings (SSSR count). The first-order chi connectivity index (χ1) is 10.5. The summed E-state index contributed by atoms with van der Waals surface area (Å²) in [6, 6.07) is 8.98. The molecule has 5 nitrogen and oxygen atoms in total. The Kier molecular flexibility index (Phi) is 4.57. The largest absolute Gasteiger partial charge is 0.318 e. The molecular weight excluding hydrogens is 294 g/mol. The van der Waals surface area contributed by atoms with Crippen LogP contribution in [0.25, 0.3) is 6.08 Å². The molecule has 0 fully saturated rings. The maximum absolute atomic E-state index is 13.4. The topological polar surface area (TPSA) is 72.2 Å². The number of rotatable bonds is 4. The van der Waals surface area contributed by atoms with Crippen LogP contribution in [0.15, 0.2) is 48.5 Å². The molecule has 1 N–H and O–H groups in total. The molecule has 0 saturated carbocycles. The van der Waals surface area contributed by atoms with Gasteiger partial charge in [-0.25, -0.2) is 8.78 Å². The molecule has 2 aromatic carbocycles. The van der Waals surface area contributed by atoms with E-state index < -0.39 is 28.2 Å². The number of amides is 1. The third kappa shape index (κ3) is 3.51. The van der Waals surface area contributed by atoms with Gasteiger partial charge in [-0.15, -0.1) is 0 Å². The molecular formula is C15H10F2N2O3. The van der Waals surface area contributed by atoms with Crippen molar-refractivity contribution in [3.05, 3.63) is 75.9 Å². The van der Waals surface area contributed by atoms with Crippen molar-refractivity contribution in [3.8, 4) is 0 Å². The molecule has 0 aliphatic carbocycles. The molecule has 0 aliphatic heterocycles. The molecule has 0 spiro atoms. The van der Waals surface area contributed by atoms with Crippen LogP contribution in [0.1, 0.15) is 5.56 Å². The Morgan fingerprint density at radius 2 is 1.73 bits per heavy atom. The van der Waals surface area contributed by atoms with Crippen LogP contribution in [-0.2, 0) is 4.79 Å². The van der Waals surface area contributed by atoms with Crippen molar-refractivity contribution < 1.29 is 18.5 Å². The number of nitro groups is 1. The number of anilines is 1. The number of nitro benzene ring substituents is 1. The van der Waals surface area contributed by atoms with Gasteiger partial charge < -0.3 is 5.32 Å². The first-order valence-corrected chi connectivity index (χ1v) is 6.15. The summed E-state index contributed by atoms with van der Waals surface area (Å²) in [5.74, 6) is -2.62. The van der Waals surface area contributed by atoms with Crippen LogP contribution in [0.5, 0.6) is 0 Å². The molecule has 2 aromatic rings. The third-order valence-electron chi connectivity index (χ3n) is 2.76. The Morgan fingerprint density at radius 3 is 2.36 bits per heavy atom. The zero-order chi connectivity index (χ0) is 16.1. The van der Waals surface area contributed by atoms with Gasteiger partial charge in [-0.3, -0.25) is 14.9 Å². The lowest BCUT2D eigenvalue weighted by Crippen LogP contribution is -2.11. The first-order valence-electron chi connectivity index (χ1n) is 6.15. The van der Waals surface area contributed by atoms with Crippen molar-refractivity contribution in [3.63, 3.8) is 0 Å². The highest BCUT2D eigenvalue weighted by Gasteiger charge is 2.12. The minimum Gasteiger partial charge on any atom is -0.318 e. The van der Waals surface area contributed by atoms with Crippen molar-refractivity contribution in [1.29, 1.82) is 0 Å². The standard InChI is InChI=1S/C15H10F2N2O3/c16-11-5-3-6-12(17)15(11)18-14(20)9-8-10-4-1-2-7-13(10)19(21)22/h1-9H,(H,18,20). The Balaban J connectivity index is 2.18. The van der Waals surface area contributed by atoms with Crippen LogP contribution in [0.4, 0.5) is 20.2 Å². The van der Waals surface area contributed by atoms with Crippen molar-refractivity contribution in [1.82, 2.24) is 0 Å². The zero-order valence-electron chi connectivity index (χ0n) is 11.1. The van der Waals surface area contributed by atoms with Gasteiger partial charge in [-0.05, 0) is 24.3 Å². The number of nitrogens with one attached hydrogen (secondary N) is 1. The fraction of sp³-hybridized carbons (Fsp3) is 0. The number of benzene rings is 2. The van der Waals surface area contributed by atoms with E-state index in [9.17, 15) is 23.7 Å². The Morgan fingerprint density at radius 1 is 1.09 bits per heavy atom. The smallest absolute Gasteiger partial charge is 0.276 e. The fourth-order valence-electron chi connectivity index (χ4n) is 1.74. The number of carbonyl (C=O) groups excluding carboxylic acids is 1. The number of para-hydroxylation sites is 2. The van der Waals surface area contributed by atoms with Gasteiger partial charge >= 0.3 is 0 Å². The van der Waals surface area contributed by atoms with E-state index in [2.05, 4.69) is 5.32 Å². The van der Waals surface area contributed by atoms with Crippen molar-refractivity contribution in [2.45, 2.75) is 0 Å². The SMILES string of the molecule is O=C(C=Cc1ccccc1[N+](=O)[O-])Nc1c(F)cccc1F. The zero-order valence-corrected chi connectivity index (χ0v) is 11.1. The predicted octanol–water partition coefficient (Wildman–Crippen LogP) is 3.52. The summed E-state index contributed by atoms with van der Waals surface area (Å²) in [5, 5.41) is 12.9. The second-order valence-corrected chi connectivity index (χ2v) is 4.24. The molecule has 22 heavy (non-hydrogen) atoms. The summed E-state index contributed by atoms with van der Waals surface area (Å²) in [5.41, 5.74) is -0.542. The molecule has 0 saturated heterocycles. The Labute approximate surface area is 124 Å². The summed E-state index contributed by atoms with van der Waals surface area (Å²) in [4.78, 5) is 21.9. The van der Waals surface area contributed by atoms with Gasteiger partial charge in [0.2, 0.25) is 5.91 Å². The summed E-state index contributed by atoms with van der Waals surface area (Å²) in [7, 11) is 0. The van der Waals surface area contributed by atoms with Gasteiger partial charge in [0.1, 0.15) is 17.3 Å². The van der Waals surface area contributed by atoms with E-state index >= 15 is 0 Å². The van der Waals surface area contributed by atoms with E-state index in [1.807, 2.05) is 0 Å². The average molecular weight is 304 g/mol. The number of carbonyl (C=O) groups is 1. The predicted molar refractivity (Wildman–Crippen MR) is 77.1 cm³/mol. The molecule has 0 atom stereocenters. The highest BCUT2D eigenvalue weighted by atomic mass is 19.1. The summed E-state index contributed by atoms with van der Waals surface area (Å²) in [6.45, 7) is 0. The average Bonchev–Trinajstić information content (AvgIpc) is 2.49. The van der Waals surface area contributed by atoms with Gasteiger partial charge in [0.15, 0.2) is 0 Å². The summed E-state index contributed by atoms with van der Waals surface area (Å²) in [6.07, 6.45) is 2.17. The number of nitrogens with zero attached hydrogens (tertiary/aromatic N) is 1. The molecule has 0 aromatic heterocycles. The quantitative estimate of drug-likeness (QED) is 0.533. The number of halogens is 2. The first kappa shape index (κ1) is 15.3. The molecule has 0 radical (unpaired) electrons. The van der Waals surface area contributed by atoms with Gasteiger partial charge in [0, 0.05) is 12.1 Å². The van der Waals surface area contributed by atoms with E-state index in [4.69, 9.17) is 0 Å². The van der Waals surface area contributed by atoms with Crippen LogP contribution in [0.3, 0.4) is 0 Å². The van der Waals surface area contributed by atoms with Gasteiger partial charge in [-0.1, -0.05) is 18.2 Å². The van der Waals surface area contributed by atoms with Gasteiger partial charge in [0.05, 0.1) is 10.5 Å². The summed E-state index contributed by atoms with van der Waals surface area (Å²) >= 11 is 0. The highest BCUT2D eigenvalue weighted by molar-refractivity contribution is 6.02. The fourth-order valence-corrected chi connectivity index (χ4v) is 1.74. The van der Waals surface area contributed by atoms with Gasteiger partial charge in [-0.2, -0.15) is 0 Å². The second kappa shape index (κ2) is 6.57. The minimum atomic E-state index is -0.910. The number of hydrogen-bond acceptors (Lipinski definition) is 3. The van der Waals surface area contributed by atoms with E-state index in [0.717, 1.165) is 18.2 Å². The van der Waals surface area contributed by atoms with Crippen LogP contribution in [0.2, 0.25) is 0 Å². The van der Waals surface area contributed by atoms with Crippen molar-refractivity contribution in [2.24, 2.45) is 0 Å². The molecule has 0 bridgehead atoms. The van der Waals surface area contributed by atoms with Crippen molar-refractivity contribution >= 4 is 23.4 Å². The molecule has 0 unspecified atom stereocenters. The molecule has 0 heterocycles. The maximum Gasteiger partial charge on any atom is 0.276 e.